The largest absolute Gasteiger partial charge is 0.494 e. The number of amides is 3. The molecule has 0 radical (unpaired) electrons. The number of aromatic amines is 1. The van der Waals surface area contributed by atoms with Gasteiger partial charge in [0.15, 0.2) is 5.82 Å². The first-order chi connectivity index (χ1) is 31.0. The Bertz CT molecular complexity index is 2740. The standard InChI is InChI=1S/C44H52N14O6/c1-6-57-33(19-27(3)52-57)42(60)49-37-25-29-21-30(40(45)59)23-36(64-16-10-11-54-14-17-63-18-15-54)38(29)55(37)12-8-9-13-56-39-32(22-31(24-35(39)62-5)41-46-26-47-51-41)48-44(56)50-43(61)34-20-28(4)53-58(34)7-2/h8-9,19-24,26H,6-7,10-18,25H2,1-5H3,(H2,45,59)(H,46,47,51)(H,48,50,61)/b9-8+,49-37?. The van der Waals surface area contributed by atoms with Crippen LogP contribution < -0.4 is 25.4 Å². The van der Waals surface area contributed by atoms with Gasteiger partial charge in [-0.05, 0) is 76.1 Å². The van der Waals surface area contributed by atoms with E-state index in [1.54, 1.807) is 40.7 Å². The molecule has 2 aliphatic heterocycles. The molecule has 4 N–H and O–H groups in total. The third-order valence-electron chi connectivity index (χ3n) is 11.1. The Balaban J connectivity index is 1.14. The molecule has 0 aliphatic carbocycles. The number of carbonyl (C=O) groups excluding carboxylic acids is 3. The lowest BCUT2D eigenvalue weighted by Gasteiger charge is -2.26. The number of ether oxygens (including phenoxy) is 3. The Kier molecular flexibility index (Phi) is 12.9. The van der Waals surface area contributed by atoms with E-state index in [9.17, 15) is 14.4 Å². The molecule has 20 heteroatoms. The fraction of sp³-hybridized carbons (Fsp3) is 0.386. The van der Waals surface area contributed by atoms with Gasteiger partial charge in [0.1, 0.15) is 40.6 Å². The van der Waals surface area contributed by atoms with Crippen LogP contribution in [0.2, 0.25) is 0 Å². The Morgan fingerprint density at radius 1 is 0.953 bits per heavy atom. The summed E-state index contributed by atoms with van der Waals surface area (Å²) in [4.78, 5) is 58.4. The van der Waals surface area contributed by atoms with Crippen LogP contribution in [0.15, 0.2) is 59.9 Å². The zero-order chi connectivity index (χ0) is 44.9. The molecular weight excluding hydrogens is 821 g/mol. The molecule has 4 aromatic heterocycles. The SMILES string of the molecule is CCn1nc(C)cc1C(=O)N=C1Cc2cc(C(N)=O)cc(OCCCN3CCOCC3)c2N1C/C=C/Cn1c(NC(=O)c2cc(C)nn2CC)nc2cc(-c3ncn[nH]3)cc(OC)c21. The number of hydrogen-bond acceptors (Lipinski definition) is 12. The molecule has 0 atom stereocenters. The Morgan fingerprint density at radius 2 is 1.69 bits per heavy atom. The van der Waals surface area contributed by atoms with Crippen molar-refractivity contribution in [2.24, 2.45) is 10.7 Å². The van der Waals surface area contributed by atoms with Gasteiger partial charge in [-0.25, -0.2) is 9.97 Å². The van der Waals surface area contributed by atoms with Gasteiger partial charge in [0, 0.05) is 63.4 Å². The second-order valence-corrected chi connectivity index (χ2v) is 15.4. The van der Waals surface area contributed by atoms with E-state index >= 15 is 0 Å². The predicted octanol–water partition coefficient (Wildman–Crippen LogP) is 4.19. The average Bonchev–Trinajstić information content (AvgIpc) is 4.14. The fourth-order valence-corrected chi connectivity index (χ4v) is 8.11. The lowest BCUT2D eigenvalue weighted by Crippen LogP contribution is -2.37. The van der Waals surface area contributed by atoms with Crippen LogP contribution in [0.3, 0.4) is 0 Å². The van der Waals surface area contributed by atoms with Crippen molar-refractivity contribution in [3.8, 4) is 22.9 Å². The van der Waals surface area contributed by atoms with Crippen molar-refractivity contribution in [3.63, 3.8) is 0 Å². The van der Waals surface area contributed by atoms with E-state index in [1.165, 1.54) is 6.33 Å². The summed E-state index contributed by atoms with van der Waals surface area (Å²) < 4.78 is 23.0. The van der Waals surface area contributed by atoms with Gasteiger partial charge in [0.2, 0.25) is 11.9 Å². The lowest BCUT2D eigenvalue weighted by atomic mass is 10.1. The Hall–Kier alpha value is -7.19. The molecule has 1 saturated heterocycles. The normalized spacial score (nSPS) is 14.8. The maximum atomic E-state index is 13.9. The van der Waals surface area contributed by atoms with Gasteiger partial charge >= 0.3 is 0 Å². The van der Waals surface area contributed by atoms with Crippen molar-refractivity contribution in [3.05, 3.63) is 88.8 Å². The highest BCUT2D eigenvalue weighted by atomic mass is 16.5. The van der Waals surface area contributed by atoms with E-state index in [2.05, 4.69) is 40.6 Å². The van der Waals surface area contributed by atoms with E-state index in [0.717, 1.165) is 31.6 Å². The molecule has 334 valence electrons. The van der Waals surface area contributed by atoms with E-state index in [1.807, 2.05) is 61.4 Å². The number of carbonyl (C=O) groups is 3. The van der Waals surface area contributed by atoms with Crippen LogP contribution in [0.5, 0.6) is 11.5 Å². The number of benzene rings is 2. The number of allylic oxidation sites excluding steroid dienone is 1. The van der Waals surface area contributed by atoms with Crippen LogP contribution >= 0.6 is 0 Å². The predicted molar refractivity (Wildman–Crippen MR) is 239 cm³/mol. The summed E-state index contributed by atoms with van der Waals surface area (Å²) in [6.07, 6.45) is 6.30. The number of morpholine rings is 1. The van der Waals surface area contributed by atoms with Crippen LogP contribution in [0, 0.1) is 13.8 Å². The summed E-state index contributed by atoms with van der Waals surface area (Å²) in [5.41, 5.74) is 11.7. The number of nitrogens with two attached hydrogens (primary N) is 1. The van der Waals surface area contributed by atoms with Crippen molar-refractivity contribution >= 4 is 46.2 Å². The number of aryl methyl sites for hydroxylation is 4. The van der Waals surface area contributed by atoms with E-state index < -0.39 is 11.8 Å². The minimum absolute atomic E-state index is 0.250. The summed E-state index contributed by atoms with van der Waals surface area (Å²) in [6.45, 7) is 13.4. The minimum Gasteiger partial charge on any atom is -0.494 e. The van der Waals surface area contributed by atoms with Gasteiger partial charge in [-0.2, -0.15) is 20.3 Å². The average molecular weight is 873 g/mol. The smallest absolute Gasteiger partial charge is 0.296 e. The number of rotatable bonds is 17. The third-order valence-corrected chi connectivity index (χ3v) is 11.1. The Morgan fingerprint density at radius 3 is 2.39 bits per heavy atom. The number of amidine groups is 1. The van der Waals surface area contributed by atoms with Crippen molar-refractivity contribution in [2.75, 3.05) is 63.3 Å². The van der Waals surface area contributed by atoms with Crippen LogP contribution in [0.25, 0.3) is 22.4 Å². The minimum atomic E-state index is -0.593. The van der Waals surface area contributed by atoms with Crippen molar-refractivity contribution in [2.45, 2.75) is 60.2 Å². The highest BCUT2D eigenvalue weighted by Crippen LogP contribution is 2.40. The summed E-state index contributed by atoms with van der Waals surface area (Å²) in [6, 6.07) is 10.5. The van der Waals surface area contributed by atoms with Crippen molar-refractivity contribution in [1.29, 1.82) is 0 Å². The maximum absolute atomic E-state index is 13.9. The molecule has 6 aromatic rings. The van der Waals surface area contributed by atoms with Crippen LogP contribution in [-0.2, 0) is 30.8 Å². The van der Waals surface area contributed by atoms with Gasteiger partial charge in [-0.3, -0.25) is 39.1 Å². The van der Waals surface area contributed by atoms with E-state index in [0.29, 0.717) is 107 Å². The fourth-order valence-electron chi connectivity index (χ4n) is 8.11. The summed E-state index contributed by atoms with van der Waals surface area (Å²) >= 11 is 0. The van der Waals surface area contributed by atoms with Crippen LogP contribution in [0.4, 0.5) is 11.6 Å². The molecule has 3 amide bonds. The Labute approximate surface area is 369 Å². The maximum Gasteiger partial charge on any atom is 0.296 e. The van der Waals surface area contributed by atoms with Gasteiger partial charge in [-0.15, -0.1) is 0 Å². The first-order valence-electron chi connectivity index (χ1n) is 21.3. The molecule has 6 heterocycles. The molecule has 8 rings (SSSR count). The number of anilines is 2. The summed E-state index contributed by atoms with van der Waals surface area (Å²) in [7, 11) is 1.57. The topological polar surface area (TPSA) is 231 Å². The molecule has 20 nitrogen and oxygen atoms in total. The molecule has 0 saturated carbocycles. The third kappa shape index (κ3) is 9.13. The highest BCUT2D eigenvalue weighted by Gasteiger charge is 2.32. The molecule has 64 heavy (non-hydrogen) atoms. The quantitative estimate of drug-likeness (QED) is 0.0864. The number of methoxy groups -OCH3 is 1. The second kappa shape index (κ2) is 19.1. The monoisotopic (exact) mass is 872 g/mol. The second-order valence-electron chi connectivity index (χ2n) is 15.4. The molecule has 0 spiro atoms. The number of hydrogen-bond donors (Lipinski definition) is 3. The molecular formula is C44H52N14O6. The number of imidazole rings is 1. The van der Waals surface area contributed by atoms with Gasteiger partial charge in [0.05, 0.1) is 49.5 Å². The van der Waals surface area contributed by atoms with Gasteiger partial charge in [-0.1, -0.05) is 12.2 Å². The number of H-pyrrole nitrogens is 1. The first-order valence-corrected chi connectivity index (χ1v) is 21.3. The van der Waals surface area contributed by atoms with Crippen LogP contribution in [0.1, 0.15) is 68.6 Å². The van der Waals surface area contributed by atoms with Gasteiger partial charge in [0.25, 0.3) is 11.8 Å². The molecule has 1 fully saturated rings. The van der Waals surface area contributed by atoms with E-state index in [-0.39, 0.29) is 31.4 Å². The molecule has 2 aromatic carbocycles. The number of aliphatic imine (C=N–C) groups is 1. The van der Waals surface area contributed by atoms with Gasteiger partial charge < -0.3 is 29.4 Å². The van der Waals surface area contributed by atoms with Crippen LogP contribution in [-0.4, -0.2) is 126 Å². The zero-order valence-electron chi connectivity index (χ0n) is 36.6. The molecule has 0 unspecified atom stereocenters. The van der Waals surface area contributed by atoms with Crippen molar-refractivity contribution in [1.82, 2.24) is 49.2 Å². The number of primary amides is 1. The molecule has 0 bridgehead atoms. The highest BCUT2D eigenvalue weighted by molar-refractivity contribution is 6.14. The zero-order valence-corrected chi connectivity index (χ0v) is 36.6. The first kappa shape index (κ1) is 43.5. The lowest BCUT2D eigenvalue weighted by molar-refractivity contribution is 0.0358. The summed E-state index contributed by atoms with van der Waals surface area (Å²) in [5.74, 6) is 0.848. The molecule has 2 aliphatic rings. The number of nitrogens with one attached hydrogen (secondary N) is 2. The van der Waals surface area contributed by atoms with Crippen molar-refractivity contribution < 1.29 is 28.6 Å². The summed E-state index contributed by atoms with van der Waals surface area (Å²) in [5, 5.41) is 18.8. The van der Waals surface area contributed by atoms with E-state index in [4.69, 9.17) is 24.9 Å². The number of nitrogens with zero attached hydrogens (tertiary/aromatic N) is 11. The number of fused-ring (bicyclic) bond motifs is 2. The number of aromatic nitrogens is 9.